The number of hydrogen-bond acceptors (Lipinski definition) is 1. The molecule has 0 radical (unpaired) electrons. The van der Waals surface area contributed by atoms with E-state index >= 15 is 0 Å². The van der Waals surface area contributed by atoms with Crippen molar-refractivity contribution in [2.75, 3.05) is 5.88 Å². The van der Waals surface area contributed by atoms with Crippen molar-refractivity contribution < 1.29 is 8.76 Å². The van der Waals surface area contributed by atoms with Crippen molar-refractivity contribution in [3.05, 3.63) is 0 Å². The van der Waals surface area contributed by atoms with Crippen molar-refractivity contribution in [3.8, 4) is 0 Å². The Morgan fingerprint density at radius 3 is 2.50 bits per heavy atom. The van der Waals surface area contributed by atoms with Gasteiger partial charge in [-0.05, 0) is 25.7 Å². The zero-order valence-corrected chi connectivity index (χ0v) is 7.25. The van der Waals surface area contributed by atoms with E-state index in [9.17, 15) is 4.21 Å². The standard InChI is InChI=1S/C6H11ClO2S/c7-5-1-2-6(3-4-6)10(8)9/h1-5H2,(H,8,9). The predicted octanol–water partition coefficient (Wildman–Crippen LogP) is 1.76. The predicted molar refractivity (Wildman–Crippen MR) is 42.7 cm³/mol. The Labute approximate surface area is 68.2 Å². The normalized spacial score (nSPS) is 24.2. The highest BCUT2D eigenvalue weighted by molar-refractivity contribution is 7.81. The molecule has 10 heavy (non-hydrogen) atoms. The fraction of sp³-hybridized carbons (Fsp3) is 1.00. The van der Waals surface area contributed by atoms with Crippen LogP contribution in [0.1, 0.15) is 25.7 Å². The SMILES string of the molecule is O=S(O)C1(CCCCl)CC1. The summed E-state index contributed by atoms with van der Waals surface area (Å²) in [7, 11) is 0. The molecule has 1 fully saturated rings. The maximum atomic E-state index is 10.7. The minimum atomic E-state index is -1.62. The molecule has 1 aliphatic carbocycles. The van der Waals surface area contributed by atoms with E-state index in [0.29, 0.717) is 5.88 Å². The van der Waals surface area contributed by atoms with Crippen LogP contribution in [-0.4, -0.2) is 19.4 Å². The van der Waals surface area contributed by atoms with Gasteiger partial charge in [0.25, 0.3) is 0 Å². The van der Waals surface area contributed by atoms with Gasteiger partial charge in [-0.2, -0.15) is 0 Å². The highest BCUT2D eigenvalue weighted by Crippen LogP contribution is 2.44. The number of alkyl halides is 1. The summed E-state index contributed by atoms with van der Waals surface area (Å²) in [5.41, 5.74) is 0. The molecule has 0 amide bonds. The van der Waals surface area contributed by atoms with E-state index in [2.05, 4.69) is 0 Å². The molecule has 0 heterocycles. The van der Waals surface area contributed by atoms with Gasteiger partial charge in [0.05, 0.1) is 4.75 Å². The lowest BCUT2D eigenvalue weighted by atomic mass is 10.2. The van der Waals surface area contributed by atoms with E-state index < -0.39 is 11.1 Å². The molecule has 60 valence electrons. The molecule has 0 aromatic carbocycles. The lowest BCUT2D eigenvalue weighted by molar-refractivity contribution is 0.535. The Balaban J connectivity index is 2.31. The molecule has 1 unspecified atom stereocenters. The lowest BCUT2D eigenvalue weighted by Crippen LogP contribution is -2.15. The average Bonchev–Trinajstić information content (AvgIpc) is 2.64. The third-order valence-electron chi connectivity index (χ3n) is 1.94. The topological polar surface area (TPSA) is 37.3 Å². The molecule has 2 nitrogen and oxygen atoms in total. The number of hydrogen-bond donors (Lipinski definition) is 1. The van der Waals surface area contributed by atoms with Crippen molar-refractivity contribution in [3.63, 3.8) is 0 Å². The second-order valence-electron chi connectivity index (χ2n) is 2.72. The molecular weight excluding hydrogens is 172 g/mol. The summed E-state index contributed by atoms with van der Waals surface area (Å²) in [6, 6.07) is 0. The third kappa shape index (κ3) is 1.71. The first-order chi connectivity index (χ1) is 4.71. The molecule has 1 atom stereocenters. The first-order valence-corrected chi connectivity index (χ1v) is 5.02. The van der Waals surface area contributed by atoms with Crippen LogP contribution < -0.4 is 0 Å². The van der Waals surface area contributed by atoms with Gasteiger partial charge in [-0.3, -0.25) is 0 Å². The quantitative estimate of drug-likeness (QED) is 0.532. The summed E-state index contributed by atoms with van der Waals surface area (Å²) in [6.45, 7) is 0. The molecule has 1 aliphatic rings. The van der Waals surface area contributed by atoms with Gasteiger partial charge in [0.15, 0.2) is 11.1 Å². The van der Waals surface area contributed by atoms with Gasteiger partial charge < -0.3 is 4.55 Å². The van der Waals surface area contributed by atoms with Crippen molar-refractivity contribution in [2.45, 2.75) is 30.4 Å². The van der Waals surface area contributed by atoms with Gasteiger partial charge in [0, 0.05) is 5.88 Å². The molecule has 0 aromatic heterocycles. The summed E-state index contributed by atoms with van der Waals surface area (Å²) < 4.78 is 19.2. The Bertz CT molecular complexity index is 145. The second kappa shape index (κ2) is 3.20. The Kier molecular flexibility index (Phi) is 2.72. The molecule has 4 heteroatoms. The van der Waals surface area contributed by atoms with E-state index in [1.165, 1.54) is 0 Å². The van der Waals surface area contributed by atoms with Gasteiger partial charge in [-0.15, -0.1) is 11.6 Å². The van der Waals surface area contributed by atoms with Crippen LogP contribution in [0.5, 0.6) is 0 Å². The Morgan fingerprint density at radius 1 is 1.60 bits per heavy atom. The maximum absolute atomic E-state index is 10.7. The van der Waals surface area contributed by atoms with Gasteiger partial charge in [0.1, 0.15) is 0 Å². The summed E-state index contributed by atoms with van der Waals surface area (Å²) >= 11 is 3.83. The molecule has 1 saturated carbocycles. The monoisotopic (exact) mass is 182 g/mol. The van der Waals surface area contributed by atoms with Crippen LogP contribution in [0.3, 0.4) is 0 Å². The Hall–Kier alpha value is 0.400. The van der Waals surface area contributed by atoms with Gasteiger partial charge in [-0.1, -0.05) is 0 Å². The highest BCUT2D eigenvalue weighted by Gasteiger charge is 2.47. The van der Waals surface area contributed by atoms with Crippen molar-refractivity contribution in [1.82, 2.24) is 0 Å². The molecule has 0 spiro atoms. The highest BCUT2D eigenvalue weighted by atomic mass is 35.5. The molecule has 0 aliphatic heterocycles. The largest absolute Gasteiger partial charge is 0.306 e. The summed E-state index contributed by atoms with van der Waals surface area (Å²) in [5.74, 6) is 0.596. The minimum Gasteiger partial charge on any atom is -0.306 e. The van der Waals surface area contributed by atoms with Crippen LogP contribution in [0.4, 0.5) is 0 Å². The zero-order chi connectivity index (χ0) is 7.61. The number of halogens is 1. The first-order valence-electron chi connectivity index (χ1n) is 3.38. The molecule has 0 saturated heterocycles. The molecule has 0 aromatic rings. The number of rotatable bonds is 4. The average molecular weight is 183 g/mol. The second-order valence-corrected chi connectivity index (χ2v) is 4.47. The van der Waals surface area contributed by atoms with Gasteiger partial charge >= 0.3 is 0 Å². The zero-order valence-electron chi connectivity index (χ0n) is 5.68. The molecular formula is C6H11ClO2S. The fourth-order valence-electron chi connectivity index (χ4n) is 1.04. The van der Waals surface area contributed by atoms with Crippen LogP contribution in [0.2, 0.25) is 0 Å². The van der Waals surface area contributed by atoms with Crippen LogP contribution in [0, 0.1) is 0 Å². The van der Waals surface area contributed by atoms with Crippen LogP contribution in [-0.2, 0) is 11.1 Å². The van der Waals surface area contributed by atoms with E-state index in [4.69, 9.17) is 16.2 Å². The Morgan fingerprint density at radius 2 is 2.20 bits per heavy atom. The summed E-state index contributed by atoms with van der Waals surface area (Å²) in [6.07, 6.45) is 3.45. The van der Waals surface area contributed by atoms with Crippen molar-refractivity contribution >= 4 is 22.7 Å². The fourth-order valence-corrected chi connectivity index (χ4v) is 1.94. The summed E-state index contributed by atoms with van der Waals surface area (Å²) in [5, 5.41) is 0. The molecule has 1 rings (SSSR count). The maximum Gasteiger partial charge on any atom is 0.159 e. The summed E-state index contributed by atoms with van der Waals surface area (Å²) in [4.78, 5) is 0. The third-order valence-corrected chi connectivity index (χ3v) is 3.56. The van der Waals surface area contributed by atoms with E-state index in [0.717, 1.165) is 25.7 Å². The van der Waals surface area contributed by atoms with E-state index in [1.807, 2.05) is 0 Å². The van der Waals surface area contributed by atoms with Crippen LogP contribution >= 0.6 is 11.6 Å². The molecule has 0 bridgehead atoms. The van der Waals surface area contributed by atoms with Crippen LogP contribution in [0.25, 0.3) is 0 Å². The van der Waals surface area contributed by atoms with Crippen LogP contribution in [0.15, 0.2) is 0 Å². The van der Waals surface area contributed by atoms with E-state index in [-0.39, 0.29) is 4.75 Å². The van der Waals surface area contributed by atoms with Gasteiger partial charge in [0.2, 0.25) is 0 Å². The first kappa shape index (κ1) is 8.50. The van der Waals surface area contributed by atoms with Crippen molar-refractivity contribution in [1.29, 1.82) is 0 Å². The van der Waals surface area contributed by atoms with Gasteiger partial charge in [-0.25, -0.2) is 4.21 Å². The van der Waals surface area contributed by atoms with E-state index in [1.54, 1.807) is 0 Å². The molecule has 1 N–H and O–H groups in total. The minimum absolute atomic E-state index is 0.255. The smallest absolute Gasteiger partial charge is 0.159 e. The van der Waals surface area contributed by atoms with Crippen molar-refractivity contribution in [2.24, 2.45) is 0 Å². The lowest BCUT2D eigenvalue weighted by Gasteiger charge is -2.07.